The number of nitrogens with zero attached hydrogens (tertiary/aromatic N) is 4. The van der Waals surface area contributed by atoms with Gasteiger partial charge in [-0.1, -0.05) is 18.2 Å². The van der Waals surface area contributed by atoms with Crippen molar-refractivity contribution in [3.05, 3.63) is 53.6 Å². The number of hydrogen-bond donors (Lipinski definition) is 0. The highest BCUT2D eigenvalue weighted by Crippen LogP contribution is 2.36. The number of hydrogen-bond acceptors (Lipinski definition) is 3. The van der Waals surface area contributed by atoms with Crippen LogP contribution in [-0.2, 0) is 12.8 Å². The Morgan fingerprint density at radius 1 is 0.826 bits per heavy atom. The molecule has 1 aliphatic carbocycles. The highest BCUT2D eigenvalue weighted by atomic mass is 15.1. The van der Waals surface area contributed by atoms with Crippen molar-refractivity contribution in [2.24, 2.45) is 15.2 Å². The van der Waals surface area contributed by atoms with Crippen LogP contribution in [0.4, 0.5) is 17.1 Å². The number of rotatable bonds is 4. The number of benzene rings is 2. The van der Waals surface area contributed by atoms with Crippen LogP contribution in [0.5, 0.6) is 0 Å². The monoisotopic (exact) mass is 306 g/mol. The molecule has 118 valence electrons. The summed E-state index contributed by atoms with van der Waals surface area (Å²) in [5, 5.41) is 8.86. The summed E-state index contributed by atoms with van der Waals surface area (Å²) in [5.41, 5.74) is 5.56. The van der Waals surface area contributed by atoms with E-state index in [0.717, 1.165) is 29.9 Å². The lowest BCUT2D eigenvalue weighted by molar-refractivity contribution is 0.642. The van der Waals surface area contributed by atoms with Crippen molar-refractivity contribution in [2.45, 2.75) is 25.7 Å². The minimum absolute atomic E-state index is 0.881. The Kier molecular flexibility index (Phi) is 4.81. The Hall–Kier alpha value is -2.49. The Morgan fingerprint density at radius 3 is 2.17 bits per heavy atom. The Balaban J connectivity index is 1.94. The van der Waals surface area contributed by atoms with E-state index in [2.05, 4.69) is 21.3 Å². The summed E-state index contributed by atoms with van der Waals surface area (Å²) in [6, 6.07) is 14.0. The second kappa shape index (κ2) is 7.18. The van der Waals surface area contributed by atoms with Crippen molar-refractivity contribution in [2.75, 3.05) is 14.1 Å². The van der Waals surface area contributed by atoms with Crippen LogP contribution in [0.15, 0.2) is 57.7 Å². The Morgan fingerprint density at radius 2 is 1.48 bits per heavy atom. The standard InChI is InChI=1S/C19H22N4/c1-23(2)14-20-18-12-13-19(17-11-7-6-10-16(17)18)22-21-15-8-4-3-5-9-15/h3-5,8-9,12-14H,6-7,10-11H2,1-2H3. The normalized spacial score (nSPS) is 14.3. The van der Waals surface area contributed by atoms with E-state index in [4.69, 9.17) is 0 Å². The predicted molar refractivity (Wildman–Crippen MR) is 95.5 cm³/mol. The second-order valence-corrected chi connectivity index (χ2v) is 6.01. The quantitative estimate of drug-likeness (QED) is 0.434. The average Bonchev–Trinajstić information content (AvgIpc) is 2.59. The fourth-order valence-corrected chi connectivity index (χ4v) is 2.83. The van der Waals surface area contributed by atoms with E-state index in [-0.39, 0.29) is 0 Å². The predicted octanol–water partition coefficient (Wildman–Crippen LogP) is 5.20. The molecule has 0 spiro atoms. The van der Waals surface area contributed by atoms with Crippen LogP contribution >= 0.6 is 0 Å². The van der Waals surface area contributed by atoms with Crippen molar-refractivity contribution >= 4 is 23.4 Å². The average molecular weight is 306 g/mol. The summed E-state index contributed by atoms with van der Waals surface area (Å²) in [6.07, 6.45) is 6.42. The molecule has 0 atom stereocenters. The minimum atomic E-state index is 0.881. The maximum absolute atomic E-state index is 4.61. The van der Waals surface area contributed by atoms with Gasteiger partial charge in [0.25, 0.3) is 0 Å². The van der Waals surface area contributed by atoms with Gasteiger partial charge in [0.05, 0.1) is 23.4 Å². The fraction of sp³-hybridized carbons (Fsp3) is 0.316. The van der Waals surface area contributed by atoms with E-state index >= 15 is 0 Å². The summed E-state index contributed by atoms with van der Waals surface area (Å²) in [4.78, 5) is 6.56. The third-order valence-electron chi connectivity index (χ3n) is 3.94. The maximum Gasteiger partial charge on any atom is 0.0907 e. The first-order valence-corrected chi connectivity index (χ1v) is 8.06. The van der Waals surface area contributed by atoms with Gasteiger partial charge in [0, 0.05) is 14.1 Å². The smallest absolute Gasteiger partial charge is 0.0907 e. The lowest BCUT2D eigenvalue weighted by Crippen LogP contribution is -2.08. The van der Waals surface area contributed by atoms with Crippen LogP contribution in [0.1, 0.15) is 24.0 Å². The zero-order valence-corrected chi connectivity index (χ0v) is 13.7. The second-order valence-electron chi connectivity index (χ2n) is 6.01. The van der Waals surface area contributed by atoms with E-state index in [1.54, 1.807) is 0 Å². The summed E-state index contributed by atoms with van der Waals surface area (Å²) in [5.74, 6) is 0. The third-order valence-corrected chi connectivity index (χ3v) is 3.94. The molecule has 0 bridgehead atoms. The number of fused-ring (bicyclic) bond motifs is 1. The molecule has 0 aromatic heterocycles. The molecule has 2 aromatic rings. The van der Waals surface area contributed by atoms with Gasteiger partial charge in [-0.25, -0.2) is 4.99 Å². The molecule has 0 amide bonds. The van der Waals surface area contributed by atoms with E-state index in [0.29, 0.717) is 0 Å². The van der Waals surface area contributed by atoms with Gasteiger partial charge in [-0.3, -0.25) is 0 Å². The van der Waals surface area contributed by atoms with Gasteiger partial charge in [0.1, 0.15) is 0 Å². The largest absolute Gasteiger partial charge is 0.369 e. The molecule has 0 unspecified atom stereocenters. The summed E-state index contributed by atoms with van der Waals surface area (Å²) >= 11 is 0. The molecule has 4 heteroatoms. The Labute approximate surface area is 137 Å². The first-order chi connectivity index (χ1) is 11.2. The third kappa shape index (κ3) is 3.83. The van der Waals surface area contributed by atoms with Crippen LogP contribution < -0.4 is 0 Å². The first-order valence-electron chi connectivity index (χ1n) is 8.06. The van der Waals surface area contributed by atoms with Gasteiger partial charge in [-0.2, -0.15) is 10.2 Å². The van der Waals surface area contributed by atoms with Gasteiger partial charge in [0.2, 0.25) is 0 Å². The van der Waals surface area contributed by atoms with E-state index in [1.165, 1.54) is 24.0 Å². The molecule has 0 fully saturated rings. The first kappa shape index (κ1) is 15.4. The van der Waals surface area contributed by atoms with Gasteiger partial charge < -0.3 is 4.90 Å². The topological polar surface area (TPSA) is 40.3 Å². The number of aliphatic imine (C=N–C) groups is 1. The minimum Gasteiger partial charge on any atom is -0.369 e. The van der Waals surface area contributed by atoms with E-state index < -0.39 is 0 Å². The number of azo groups is 1. The van der Waals surface area contributed by atoms with Crippen molar-refractivity contribution in [1.29, 1.82) is 0 Å². The lowest BCUT2D eigenvalue weighted by Gasteiger charge is -2.19. The summed E-state index contributed by atoms with van der Waals surface area (Å²) < 4.78 is 0. The van der Waals surface area contributed by atoms with Crippen LogP contribution in [-0.4, -0.2) is 25.3 Å². The molecule has 0 aliphatic heterocycles. The van der Waals surface area contributed by atoms with Crippen molar-refractivity contribution in [3.63, 3.8) is 0 Å². The van der Waals surface area contributed by atoms with Crippen LogP contribution in [0, 0.1) is 0 Å². The SMILES string of the molecule is CN(C)C=Nc1ccc(N=Nc2ccccc2)c2c1CCCC2. The van der Waals surface area contributed by atoms with Crippen LogP contribution in [0.2, 0.25) is 0 Å². The summed E-state index contributed by atoms with van der Waals surface area (Å²) in [6.45, 7) is 0. The van der Waals surface area contributed by atoms with Crippen molar-refractivity contribution in [3.8, 4) is 0 Å². The highest BCUT2D eigenvalue weighted by Gasteiger charge is 2.16. The maximum atomic E-state index is 4.61. The molecule has 0 saturated heterocycles. The van der Waals surface area contributed by atoms with Crippen molar-refractivity contribution < 1.29 is 0 Å². The van der Waals surface area contributed by atoms with Gasteiger partial charge in [-0.15, -0.1) is 0 Å². The summed E-state index contributed by atoms with van der Waals surface area (Å²) in [7, 11) is 3.97. The molecule has 0 saturated carbocycles. The Bertz CT molecular complexity index is 718. The molecule has 4 nitrogen and oxygen atoms in total. The molecular weight excluding hydrogens is 284 g/mol. The molecule has 2 aromatic carbocycles. The van der Waals surface area contributed by atoms with Gasteiger partial charge in [0.15, 0.2) is 0 Å². The molecule has 0 N–H and O–H groups in total. The van der Waals surface area contributed by atoms with Crippen LogP contribution in [0.3, 0.4) is 0 Å². The molecular formula is C19H22N4. The molecule has 3 rings (SSSR count). The molecule has 23 heavy (non-hydrogen) atoms. The molecule has 0 heterocycles. The molecule has 0 radical (unpaired) electrons. The zero-order chi connectivity index (χ0) is 16.1. The fourth-order valence-electron chi connectivity index (χ4n) is 2.83. The van der Waals surface area contributed by atoms with E-state index in [1.807, 2.05) is 61.7 Å². The van der Waals surface area contributed by atoms with Crippen LogP contribution in [0.25, 0.3) is 0 Å². The highest BCUT2D eigenvalue weighted by molar-refractivity contribution is 5.67. The van der Waals surface area contributed by atoms with Crippen molar-refractivity contribution in [1.82, 2.24) is 4.90 Å². The van der Waals surface area contributed by atoms with Gasteiger partial charge >= 0.3 is 0 Å². The van der Waals surface area contributed by atoms with Gasteiger partial charge in [-0.05, 0) is 61.1 Å². The van der Waals surface area contributed by atoms with E-state index in [9.17, 15) is 0 Å². The molecule has 1 aliphatic rings. The lowest BCUT2D eigenvalue weighted by atomic mass is 9.89. The zero-order valence-electron chi connectivity index (χ0n) is 13.7.